The van der Waals surface area contributed by atoms with E-state index in [1.54, 1.807) is 12.4 Å². The van der Waals surface area contributed by atoms with Crippen molar-refractivity contribution < 1.29 is 17.4 Å². The summed E-state index contributed by atoms with van der Waals surface area (Å²) in [5.41, 5.74) is 8.60. The van der Waals surface area contributed by atoms with E-state index in [9.17, 15) is 0 Å². The van der Waals surface area contributed by atoms with Crippen LogP contribution in [0.3, 0.4) is 0 Å². The predicted octanol–water partition coefficient (Wildman–Crippen LogP) is 6.24. The van der Waals surface area contributed by atoms with Crippen molar-refractivity contribution in [2.45, 2.75) is 51.2 Å². The third-order valence-corrected chi connectivity index (χ3v) is 10.3. The molecule has 1 aliphatic rings. The van der Waals surface area contributed by atoms with E-state index in [0.29, 0.717) is 28.1 Å². The number of pyridine rings is 2. The fraction of sp³-hybridized carbons (Fsp3) is 0.349. The Morgan fingerprint density at radius 1 is 1.06 bits per heavy atom. The summed E-state index contributed by atoms with van der Waals surface area (Å²) in [5.74, 6) is 0. The van der Waals surface area contributed by atoms with Crippen LogP contribution in [0.4, 0.5) is 0 Å². The zero-order valence-corrected chi connectivity index (χ0v) is 33.4. The molecule has 10 heteroatoms. The number of nitrogens with one attached hydrogen (secondary N) is 2. The van der Waals surface area contributed by atoms with E-state index in [-0.39, 0.29) is 17.4 Å². The van der Waals surface area contributed by atoms with E-state index in [4.69, 9.17) is 24.4 Å². The fourth-order valence-corrected chi connectivity index (χ4v) is 7.01. The van der Waals surface area contributed by atoms with Crippen molar-refractivity contribution in [3.05, 3.63) is 126 Å². The molecule has 0 bridgehead atoms. The Bertz CT molecular complexity index is 1910. The van der Waals surface area contributed by atoms with Crippen molar-refractivity contribution in [2.24, 2.45) is 4.99 Å². The third kappa shape index (κ3) is 11.5. The van der Waals surface area contributed by atoms with Crippen molar-refractivity contribution in [3.8, 4) is 33.5 Å². The Morgan fingerprint density at radius 2 is 1.81 bits per heavy atom. The van der Waals surface area contributed by atoms with Gasteiger partial charge in [-0.1, -0.05) is 95.5 Å². The molecule has 274 valence electrons. The molecule has 1 fully saturated rings. The van der Waals surface area contributed by atoms with Crippen LogP contribution in [0, 0.1) is 13.0 Å². The van der Waals surface area contributed by atoms with Gasteiger partial charge in [0.25, 0.3) is 0 Å². The molecule has 2 radical (unpaired) electrons. The number of nitrogens with zero attached hydrogens (tertiary/aromatic N) is 5. The number of allylic oxidation sites excluding steroid dienone is 2. The Labute approximate surface area is 333 Å². The van der Waals surface area contributed by atoms with Gasteiger partial charge in [-0.05, 0) is 75.0 Å². The molecule has 0 amide bonds. The molecule has 0 spiro atoms. The maximum atomic E-state index is 7.15. The van der Waals surface area contributed by atoms with Gasteiger partial charge >= 0.3 is 17.4 Å². The zero-order valence-electron chi connectivity index (χ0n) is 31.3. The maximum Gasteiger partial charge on any atom is 2.00 e. The van der Waals surface area contributed by atoms with E-state index in [1.165, 1.54) is 0 Å². The third-order valence-electron chi connectivity index (χ3n) is 9.92. The first-order valence-electron chi connectivity index (χ1n) is 18.2. The van der Waals surface area contributed by atoms with Crippen LogP contribution in [-0.2, 0) is 23.9 Å². The number of aryl methyl sites for hydroxylation is 1. The van der Waals surface area contributed by atoms with Crippen molar-refractivity contribution in [1.82, 2.24) is 30.4 Å². The molecule has 53 heavy (non-hydrogen) atoms. The second-order valence-corrected chi connectivity index (χ2v) is 13.8. The number of benzene rings is 2. The summed E-state index contributed by atoms with van der Waals surface area (Å²) in [5, 5.41) is 7.56. The molecule has 2 aromatic heterocycles. The molecule has 4 aromatic rings. The Balaban J connectivity index is 0.00000627. The number of aromatic nitrogens is 2. The van der Waals surface area contributed by atoms with Gasteiger partial charge in [0.2, 0.25) is 0 Å². The predicted molar refractivity (Wildman–Crippen MR) is 219 cm³/mol. The van der Waals surface area contributed by atoms with Gasteiger partial charge in [0.1, 0.15) is 7.85 Å². The summed E-state index contributed by atoms with van der Waals surface area (Å²) in [6.07, 6.45) is 15.0. The average Bonchev–Trinajstić information content (AvgIpc) is 3.16. The molecule has 1 saturated heterocycles. The monoisotopic (exact) mass is 763 g/mol. The molecule has 3 heterocycles. The standard InChI is InChI=1S/C43H51BClN7.Cr/c1-6-8-13-34(46-4)29-47-28-33-19-20-40(50-31(33)3)39-18-11-16-37(42(39)44)38-17-10-15-36(43(38)45)32-21-23-49-41(27-32)48-22-12-24-52-26-25-51(5)35(30-52)14-9-7-2;/h6-7,10-11,15-23,27,34-35,46-47H,1-2,8-9,13-14,24-26,28-30H2,3-5H3;/q-2;+2. The molecule has 0 saturated carbocycles. The molecular formula is C43H51BClCrN7. The minimum absolute atomic E-state index is 0. The topological polar surface area (TPSA) is 69.9 Å². The van der Waals surface area contributed by atoms with Crippen LogP contribution in [0.15, 0.2) is 103 Å². The van der Waals surface area contributed by atoms with Crippen LogP contribution in [0.2, 0.25) is 5.02 Å². The van der Waals surface area contributed by atoms with Gasteiger partial charge in [-0.3, -0.25) is 11.2 Å². The molecule has 2 aromatic carbocycles. The van der Waals surface area contributed by atoms with Gasteiger partial charge in [0, 0.05) is 61.6 Å². The van der Waals surface area contributed by atoms with E-state index >= 15 is 0 Å². The largest absolute Gasteiger partial charge is 2.00 e. The summed E-state index contributed by atoms with van der Waals surface area (Å²) in [6, 6.07) is 21.1. The van der Waals surface area contributed by atoms with Gasteiger partial charge < -0.3 is 36.5 Å². The van der Waals surface area contributed by atoms with Crippen molar-refractivity contribution in [2.75, 3.05) is 46.8 Å². The van der Waals surface area contributed by atoms with Crippen LogP contribution >= 0.6 is 11.6 Å². The van der Waals surface area contributed by atoms with Gasteiger partial charge in [-0.2, -0.15) is 0 Å². The van der Waals surface area contributed by atoms with Gasteiger partial charge in [-0.15, -0.1) is 19.7 Å². The van der Waals surface area contributed by atoms with Crippen molar-refractivity contribution >= 4 is 24.9 Å². The second-order valence-electron chi connectivity index (χ2n) is 13.5. The van der Waals surface area contributed by atoms with Crippen LogP contribution in [-0.4, -0.2) is 81.5 Å². The van der Waals surface area contributed by atoms with E-state index in [0.717, 1.165) is 110 Å². The maximum absolute atomic E-state index is 7.15. The summed E-state index contributed by atoms with van der Waals surface area (Å²) in [4.78, 5) is 18.9. The quantitative estimate of drug-likeness (QED) is 0.0755. The van der Waals surface area contributed by atoms with Crippen molar-refractivity contribution in [3.63, 3.8) is 0 Å². The molecule has 0 aliphatic carbocycles. The minimum Gasteiger partial charge on any atom is -0.486 e. The molecule has 2 atom stereocenters. The molecule has 2 unspecified atom stereocenters. The fourth-order valence-electron chi connectivity index (χ4n) is 6.68. The van der Waals surface area contributed by atoms with E-state index in [2.05, 4.69) is 62.8 Å². The van der Waals surface area contributed by atoms with Gasteiger partial charge in [-0.25, -0.2) is 0 Å². The van der Waals surface area contributed by atoms with Crippen molar-refractivity contribution in [1.29, 1.82) is 0 Å². The second kappa shape index (κ2) is 21.4. The Hall–Kier alpha value is -3.51. The number of piperazine rings is 1. The van der Waals surface area contributed by atoms with Crippen LogP contribution in [0.5, 0.6) is 0 Å². The molecule has 7 nitrogen and oxygen atoms in total. The summed E-state index contributed by atoms with van der Waals surface area (Å²) in [7, 11) is 11.1. The number of rotatable bonds is 17. The van der Waals surface area contributed by atoms with Crippen LogP contribution in [0.1, 0.15) is 36.9 Å². The first-order valence-corrected chi connectivity index (χ1v) is 18.6. The number of halogens is 1. The first-order chi connectivity index (χ1) is 25.3. The Morgan fingerprint density at radius 3 is 2.57 bits per heavy atom. The Kier molecular flexibility index (Phi) is 17.0. The smallest absolute Gasteiger partial charge is 0.486 e. The summed E-state index contributed by atoms with van der Waals surface area (Å²) >= 11 is 7.15. The molecule has 2 N–H and O–H groups in total. The number of likely N-dealkylation sites (N-methyl/N-ethyl adjacent to an activating group) is 2. The average molecular weight is 764 g/mol. The van der Waals surface area contributed by atoms with Gasteiger partial charge in [0.15, 0.2) is 0 Å². The summed E-state index contributed by atoms with van der Waals surface area (Å²) < 4.78 is 0. The molecule has 5 rings (SSSR count). The first kappa shape index (κ1) is 42.2. The number of hydrogen-bond donors (Lipinski definition) is 2. The normalized spacial score (nSPS) is 16.1. The molecule has 1 aliphatic heterocycles. The number of hydrogen-bond acceptors (Lipinski definition) is 6. The van der Waals surface area contributed by atoms with Gasteiger partial charge in [0.05, 0.1) is 10.7 Å². The van der Waals surface area contributed by atoms with E-state index in [1.807, 2.05) is 80.7 Å². The molecular weight excluding hydrogens is 713 g/mol. The van der Waals surface area contributed by atoms with E-state index < -0.39 is 0 Å². The SMILES string of the molecule is [B]c1c(-c2ccc(CNCC(CCC=C)NC)c(C)n2)cccc1-c1cccc(-c2cc[n-]c(=NC=[C-]CN3CCN(C)C(CCC=C)C3)c2)c1Cl.[Cr+2]. The summed E-state index contributed by atoms with van der Waals surface area (Å²) in [6.45, 7) is 15.2. The minimum atomic E-state index is 0. The zero-order chi connectivity index (χ0) is 36.9. The van der Waals surface area contributed by atoms with Crippen LogP contribution < -0.4 is 26.6 Å². The van der Waals surface area contributed by atoms with Crippen LogP contribution in [0.25, 0.3) is 33.5 Å².